The number of benzene rings is 1. The van der Waals surface area contributed by atoms with E-state index in [9.17, 15) is 19.2 Å². The van der Waals surface area contributed by atoms with Gasteiger partial charge in [-0.3, -0.25) is 24.5 Å². The molecule has 1 aromatic rings. The zero-order valence-electron chi connectivity index (χ0n) is 16.0. The highest BCUT2D eigenvalue weighted by molar-refractivity contribution is 6.06. The number of fused-ring (bicyclic) bond motifs is 1. The number of amides is 4. The van der Waals surface area contributed by atoms with Crippen LogP contribution in [-0.4, -0.2) is 47.8 Å². The fraction of sp³-hybridized carbons (Fsp3) is 0.500. The normalized spacial score (nSPS) is 18.8. The summed E-state index contributed by atoms with van der Waals surface area (Å²) in [5.74, 6) is -1.33. The van der Waals surface area contributed by atoms with Gasteiger partial charge in [0.15, 0.2) is 0 Å². The van der Waals surface area contributed by atoms with Crippen LogP contribution >= 0.6 is 0 Å². The van der Waals surface area contributed by atoms with Crippen molar-refractivity contribution in [2.24, 2.45) is 0 Å². The van der Waals surface area contributed by atoms with Crippen molar-refractivity contribution < 1.29 is 23.9 Å². The van der Waals surface area contributed by atoms with Crippen LogP contribution in [0.4, 0.5) is 5.69 Å². The standard InChI is InChI=1S/C20H25N3O5/c1-2-3-4-10-28-12-18(25)21-15-7-5-6-13-14(15)11-23(20(13)27)16-8-9-17(24)22-19(16)26/h5-7,16H,2-4,8-12H2,1H3,(H,21,25)(H,22,24,26). The molecule has 1 unspecified atom stereocenters. The summed E-state index contributed by atoms with van der Waals surface area (Å²) in [6.45, 7) is 2.81. The second-order valence-electron chi connectivity index (χ2n) is 7.04. The predicted molar refractivity (Wildman–Crippen MR) is 101 cm³/mol. The van der Waals surface area contributed by atoms with Gasteiger partial charge in [-0.25, -0.2) is 0 Å². The number of nitrogens with one attached hydrogen (secondary N) is 2. The fourth-order valence-electron chi connectivity index (χ4n) is 3.51. The molecular formula is C20H25N3O5. The molecule has 0 aromatic heterocycles. The maximum Gasteiger partial charge on any atom is 0.255 e. The van der Waals surface area contributed by atoms with Crippen LogP contribution in [-0.2, 0) is 25.7 Å². The van der Waals surface area contributed by atoms with E-state index in [2.05, 4.69) is 17.6 Å². The van der Waals surface area contributed by atoms with Crippen LogP contribution in [0.1, 0.15) is 54.9 Å². The van der Waals surface area contributed by atoms with Crippen molar-refractivity contribution in [2.45, 2.75) is 51.6 Å². The van der Waals surface area contributed by atoms with Crippen LogP contribution in [0.5, 0.6) is 0 Å². The first-order valence-corrected chi connectivity index (χ1v) is 9.65. The lowest BCUT2D eigenvalue weighted by molar-refractivity contribution is -0.137. The lowest BCUT2D eigenvalue weighted by Crippen LogP contribution is -2.52. The Labute approximate surface area is 163 Å². The third-order valence-corrected chi connectivity index (χ3v) is 4.98. The molecular weight excluding hydrogens is 362 g/mol. The zero-order valence-corrected chi connectivity index (χ0v) is 16.0. The molecule has 2 heterocycles. The lowest BCUT2D eigenvalue weighted by atomic mass is 10.0. The zero-order chi connectivity index (χ0) is 20.1. The molecule has 2 aliphatic rings. The van der Waals surface area contributed by atoms with Crippen molar-refractivity contribution in [1.29, 1.82) is 0 Å². The SMILES string of the molecule is CCCCCOCC(=O)Nc1cccc2c1CN(C1CCC(=O)NC1=O)C2=O. The number of piperidine rings is 1. The van der Waals surface area contributed by atoms with Gasteiger partial charge in [-0.15, -0.1) is 0 Å². The molecule has 0 saturated carbocycles. The average molecular weight is 387 g/mol. The third kappa shape index (κ3) is 4.39. The summed E-state index contributed by atoms with van der Waals surface area (Å²) in [5.41, 5.74) is 1.69. The molecule has 150 valence electrons. The number of carbonyl (C=O) groups excluding carboxylic acids is 4. The van der Waals surface area contributed by atoms with Crippen molar-refractivity contribution in [2.75, 3.05) is 18.5 Å². The number of carbonyl (C=O) groups is 4. The van der Waals surface area contributed by atoms with Gasteiger partial charge >= 0.3 is 0 Å². The van der Waals surface area contributed by atoms with Crippen molar-refractivity contribution in [3.8, 4) is 0 Å². The molecule has 0 aliphatic carbocycles. The molecule has 4 amide bonds. The first kappa shape index (κ1) is 20.0. The number of ether oxygens (including phenoxy) is 1. The first-order valence-electron chi connectivity index (χ1n) is 9.65. The van der Waals surface area contributed by atoms with Gasteiger partial charge in [-0.05, 0) is 25.0 Å². The molecule has 1 atom stereocenters. The van der Waals surface area contributed by atoms with Crippen molar-refractivity contribution >= 4 is 29.3 Å². The smallest absolute Gasteiger partial charge is 0.255 e. The minimum Gasteiger partial charge on any atom is -0.372 e. The van der Waals surface area contributed by atoms with E-state index in [-0.39, 0.29) is 37.3 Å². The summed E-state index contributed by atoms with van der Waals surface area (Å²) in [7, 11) is 0. The molecule has 8 nitrogen and oxygen atoms in total. The van der Waals surface area contributed by atoms with Gasteiger partial charge in [0.25, 0.3) is 5.91 Å². The molecule has 2 N–H and O–H groups in total. The van der Waals surface area contributed by atoms with Gasteiger partial charge in [0.2, 0.25) is 17.7 Å². The third-order valence-electron chi connectivity index (χ3n) is 4.98. The Morgan fingerprint density at radius 1 is 1.29 bits per heavy atom. The van der Waals surface area contributed by atoms with Gasteiger partial charge in [0, 0.05) is 36.4 Å². The van der Waals surface area contributed by atoms with E-state index < -0.39 is 11.9 Å². The van der Waals surface area contributed by atoms with Gasteiger partial charge in [0.1, 0.15) is 12.6 Å². The maximum atomic E-state index is 12.8. The van der Waals surface area contributed by atoms with E-state index in [0.717, 1.165) is 19.3 Å². The lowest BCUT2D eigenvalue weighted by Gasteiger charge is -2.29. The molecule has 3 rings (SSSR count). The van der Waals surface area contributed by atoms with Gasteiger partial charge in [-0.1, -0.05) is 25.8 Å². The van der Waals surface area contributed by atoms with Crippen LogP contribution < -0.4 is 10.6 Å². The number of anilines is 1. The summed E-state index contributed by atoms with van der Waals surface area (Å²) < 4.78 is 5.38. The molecule has 0 radical (unpaired) electrons. The molecule has 28 heavy (non-hydrogen) atoms. The largest absolute Gasteiger partial charge is 0.372 e. The van der Waals surface area contributed by atoms with Gasteiger partial charge in [0.05, 0.1) is 0 Å². The van der Waals surface area contributed by atoms with Crippen molar-refractivity contribution in [3.63, 3.8) is 0 Å². The van der Waals surface area contributed by atoms with Crippen LogP contribution in [0.15, 0.2) is 18.2 Å². The van der Waals surface area contributed by atoms with E-state index >= 15 is 0 Å². The van der Waals surface area contributed by atoms with E-state index in [1.165, 1.54) is 4.90 Å². The Morgan fingerprint density at radius 2 is 2.11 bits per heavy atom. The summed E-state index contributed by atoms with van der Waals surface area (Å²) in [4.78, 5) is 49.9. The number of imide groups is 1. The summed E-state index contributed by atoms with van der Waals surface area (Å²) in [6, 6.07) is 4.43. The Bertz CT molecular complexity index is 792. The quantitative estimate of drug-likeness (QED) is 0.521. The van der Waals surface area contributed by atoms with Crippen LogP contribution in [0.25, 0.3) is 0 Å². The van der Waals surface area contributed by atoms with E-state index in [1.807, 2.05) is 0 Å². The summed E-state index contributed by atoms with van der Waals surface area (Å²) >= 11 is 0. The minimum atomic E-state index is -0.678. The number of unbranched alkanes of at least 4 members (excludes halogenated alkanes) is 2. The Hall–Kier alpha value is -2.74. The number of hydrogen-bond acceptors (Lipinski definition) is 5. The molecule has 8 heteroatoms. The van der Waals surface area contributed by atoms with Crippen molar-refractivity contribution in [3.05, 3.63) is 29.3 Å². The molecule has 1 aromatic carbocycles. The molecule has 1 saturated heterocycles. The average Bonchev–Trinajstić information content (AvgIpc) is 2.99. The number of rotatable bonds is 8. The first-order chi connectivity index (χ1) is 13.5. The summed E-state index contributed by atoms with van der Waals surface area (Å²) in [5, 5.41) is 5.08. The topological polar surface area (TPSA) is 105 Å². The number of nitrogens with zero attached hydrogens (tertiary/aromatic N) is 1. The Balaban J connectivity index is 1.64. The monoisotopic (exact) mass is 387 g/mol. The van der Waals surface area contributed by atoms with Gasteiger partial charge in [-0.2, -0.15) is 0 Å². The predicted octanol–water partition coefficient (Wildman–Crippen LogP) is 1.59. The second-order valence-corrected chi connectivity index (χ2v) is 7.04. The Morgan fingerprint density at radius 3 is 2.86 bits per heavy atom. The van der Waals surface area contributed by atoms with Crippen LogP contribution in [0.2, 0.25) is 0 Å². The maximum absolute atomic E-state index is 12.8. The summed E-state index contributed by atoms with van der Waals surface area (Å²) in [6.07, 6.45) is 3.57. The highest BCUT2D eigenvalue weighted by Crippen LogP contribution is 2.32. The van der Waals surface area contributed by atoms with Crippen LogP contribution in [0.3, 0.4) is 0 Å². The molecule has 2 aliphatic heterocycles. The van der Waals surface area contributed by atoms with E-state index in [4.69, 9.17) is 4.74 Å². The van der Waals surface area contributed by atoms with Crippen molar-refractivity contribution in [1.82, 2.24) is 10.2 Å². The fourth-order valence-corrected chi connectivity index (χ4v) is 3.51. The highest BCUT2D eigenvalue weighted by atomic mass is 16.5. The van der Waals surface area contributed by atoms with Gasteiger partial charge < -0.3 is 15.0 Å². The molecule has 0 bridgehead atoms. The second kappa shape index (κ2) is 8.97. The highest BCUT2D eigenvalue weighted by Gasteiger charge is 2.39. The van der Waals surface area contributed by atoms with E-state index in [0.29, 0.717) is 29.8 Å². The Kier molecular flexibility index (Phi) is 6.41. The molecule has 1 fully saturated rings. The molecule has 0 spiro atoms. The minimum absolute atomic E-state index is 0.0435. The number of hydrogen-bond donors (Lipinski definition) is 2. The van der Waals surface area contributed by atoms with E-state index in [1.54, 1.807) is 18.2 Å². The van der Waals surface area contributed by atoms with Crippen LogP contribution in [0, 0.1) is 0 Å².